The lowest BCUT2D eigenvalue weighted by Gasteiger charge is -2.10. The summed E-state index contributed by atoms with van der Waals surface area (Å²) in [7, 11) is 0. The van der Waals surface area contributed by atoms with Crippen molar-refractivity contribution in [3.05, 3.63) is 62.9 Å². The fraction of sp³-hybridized carbons (Fsp3) is 0.227. The van der Waals surface area contributed by atoms with Gasteiger partial charge in [-0.3, -0.25) is 4.98 Å². The van der Waals surface area contributed by atoms with Gasteiger partial charge in [-0.15, -0.1) is 11.3 Å². The summed E-state index contributed by atoms with van der Waals surface area (Å²) in [6.45, 7) is 4.14. The molecular formula is C22H20N2O6S. The number of nitrogens with one attached hydrogen (secondary N) is 1. The molecule has 9 heteroatoms. The topological polar surface area (TPSA) is 104 Å². The molecule has 0 aliphatic heterocycles. The van der Waals surface area contributed by atoms with E-state index < -0.39 is 11.7 Å². The molecule has 31 heavy (non-hydrogen) atoms. The molecular weight excluding hydrogens is 420 g/mol. The maximum absolute atomic E-state index is 11.4. The summed E-state index contributed by atoms with van der Waals surface area (Å²) in [4.78, 5) is 30.0. The third-order valence-electron chi connectivity index (χ3n) is 4.43. The summed E-state index contributed by atoms with van der Waals surface area (Å²) in [5.74, 6) is 0.392. The summed E-state index contributed by atoms with van der Waals surface area (Å²) < 4.78 is 21.3. The number of aryl methyl sites for hydroxylation is 1. The van der Waals surface area contributed by atoms with Crippen molar-refractivity contribution < 1.29 is 23.4 Å². The van der Waals surface area contributed by atoms with E-state index in [1.165, 1.54) is 11.3 Å². The van der Waals surface area contributed by atoms with Crippen LogP contribution in [-0.2, 0) is 16.1 Å². The Kier molecular flexibility index (Phi) is 6.03. The van der Waals surface area contributed by atoms with Crippen molar-refractivity contribution in [1.82, 2.24) is 9.97 Å². The molecule has 4 aromatic rings. The van der Waals surface area contributed by atoms with Crippen LogP contribution in [0.15, 0.2) is 51.0 Å². The molecule has 0 saturated carbocycles. The molecule has 8 nitrogen and oxygen atoms in total. The Balaban J connectivity index is 1.38. The van der Waals surface area contributed by atoms with Gasteiger partial charge < -0.3 is 18.6 Å². The minimum atomic E-state index is -0.480. The summed E-state index contributed by atoms with van der Waals surface area (Å²) in [6, 6.07) is 10.8. The van der Waals surface area contributed by atoms with Crippen LogP contribution in [0.5, 0.6) is 11.5 Å². The molecule has 0 unspecified atom stereocenters. The lowest BCUT2D eigenvalue weighted by Crippen LogP contribution is -2.14. The summed E-state index contributed by atoms with van der Waals surface area (Å²) in [5.41, 5.74) is 3.64. The molecule has 2 heterocycles. The molecule has 0 atom stereocenters. The fourth-order valence-electron chi connectivity index (χ4n) is 2.97. The summed E-state index contributed by atoms with van der Waals surface area (Å²) >= 11 is 1.49. The van der Waals surface area contributed by atoms with Crippen molar-refractivity contribution in [2.75, 3.05) is 13.2 Å². The Hall–Kier alpha value is -3.59. The third-order valence-corrected chi connectivity index (χ3v) is 5.25. The molecule has 0 aliphatic rings. The molecule has 0 amide bonds. The molecule has 0 fully saturated rings. The Morgan fingerprint density at radius 3 is 2.87 bits per heavy atom. The molecule has 160 valence electrons. The van der Waals surface area contributed by atoms with Crippen LogP contribution in [0.25, 0.3) is 22.4 Å². The average molecular weight is 440 g/mol. The van der Waals surface area contributed by atoms with Crippen molar-refractivity contribution in [2.45, 2.75) is 20.5 Å². The number of carbonyl (C=O) groups excluding carboxylic acids is 1. The lowest BCUT2D eigenvalue weighted by atomic mass is 10.1. The van der Waals surface area contributed by atoms with Gasteiger partial charge in [-0.1, -0.05) is 6.07 Å². The van der Waals surface area contributed by atoms with Gasteiger partial charge in [0.2, 0.25) is 0 Å². The first-order chi connectivity index (χ1) is 15.0. The van der Waals surface area contributed by atoms with E-state index >= 15 is 0 Å². The van der Waals surface area contributed by atoms with Crippen LogP contribution < -0.4 is 15.2 Å². The normalized spacial score (nSPS) is 10.9. The number of fused-ring (bicyclic) bond motifs is 1. The molecule has 4 rings (SSSR count). The van der Waals surface area contributed by atoms with E-state index in [4.69, 9.17) is 18.6 Å². The largest absolute Gasteiger partial charge is 0.486 e. The number of hydrogen-bond donors (Lipinski definition) is 1. The number of ether oxygens (including phenoxy) is 3. The smallest absolute Gasteiger partial charge is 0.417 e. The number of thiazole rings is 1. The highest BCUT2D eigenvalue weighted by atomic mass is 32.1. The molecule has 0 radical (unpaired) electrons. The maximum Gasteiger partial charge on any atom is 0.417 e. The predicted molar refractivity (Wildman–Crippen MR) is 116 cm³/mol. The van der Waals surface area contributed by atoms with Crippen LogP contribution >= 0.6 is 11.3 Å². The van der Waals surface area contributed by atoms with Crippen molar-refractivity contribution in [1.29, 1.82) is 0 Å². The van der Waals surface area contributed by atoms with E-state index in [9.17, 15) is 9.59 Å². The quantitative estimate of drug-likeness (QED) is 0.412. The van der Waals surface area contributed by atoms with Gasteiger partial charge in [-0.2, -0.15) is 0 Å². The average Bonchev–Trinajstić information content (AvgIpc) is 3.36. The van der Waals surface area contributed by atoms with Gasteiger partial charge in [0.25, 0.3) is 0 Å². The van der Waals surface area contributed by atoms with Crippen LogP contribution in [0.4, 0.5) is 0 Å². The second-order valence-corrected chi connectivity index (χ2v) is 7.60. The van der Waals surface area contributed by atoms with E-state index in [0.717, 1.165) is 21.8 Å². The van der Waals surface area contributed by atoms with Crippen LogP contribution in [0.1, 0.15) is 17.5 Å². The zero-order valence-electron chi connectivity index (χ0n) is 17.0. The molecule has 2 aromatic heterocycles. The second kappa shape index (κ2) is 9.05. The van der Waals surface area contributed by atoms with Gasteiger partial charge in [0.05, 0.1) is 17.8 Å². The van der Waals surface area contributed by atoms with Crippen molar-refractivity contribution in [3.8, 4) is 22.8 Å². The zero-order chi connectivity index (χ0) is 21.8. The molecule has 0 aliphatic carbocycles. The number of oxazole rings is 1. The van der Waals surface area contributed by atoms with Crippen molar-refractivity contribution in [2.24, 2.45) is 0 Å². The van der Waals surface area contributed by atoms with Crippen LogP contribution in [-0.4, -0.2) is 29.2 Å². The van der Waals surface area contributed by atoms with Gasteiger partial charge in [0.15, 0.2) is 12.2 Å². The van der Waals surface area contributed by atoms with Crippen LogP contribution in [0, 0.1) is 6.92 Å². The van der Waals surface area contributed by atoms with Crippen molar-refractivity contribution in [3.63, 3.8) is 0 Å². The van der Waals surface area contributed by atoms with E-state index in [1.54, 1.807) is 31.2 Å². The Morgan fingerprint density at radius 2 is 2.06 bits per heavy atom. The van der Waals surface area contributed by atoms with Gasteiger partial charge >= 0.3 is 11.7 Å². The monoisotopic (exact) mass is 440 g/mol. The van der Waals surface area contributed by atoms with Crippen LogP contribution in [0.2, 0.25) is 0 Å². The molecule has 0 bridgehead atoms. The van der Waals surface area contributed by atoms with Crippen molar-refractivity contribution >= 4 is 28.4 Å². The first kappa shape index (κ1) is 20.7. The molecule has 0 spiro atoms. The lowest BCUT2D eigenvalue weighted by molar-refractivity contribution is -0.145. The van der Waals surface area contributed by atoms with E-state index in [2.05, 4.69) is 9.97 Å². The highest BCUT2D eigenvalue weighted by Crippen LogP contribution is 2.27. The molecule has 0 saturated heterocycles. The van der Waals surface area contributed by atoms with E-state index in [1.807, 2.05) is 24.4 Å². The predicted octanol–water partition coefficient (Wildman–Crippen LogP) is 4.07. The number of hydrogen-bond acceptors (Lipinski definition) is 8. The Morgan fingerprint density at radius 1 is 1.19 bits per heavy atom. The number of aromatic nitrogens is 2. The first-order valence-corrected chi connectivity index (χ1v) is 10.5. The number of esters is 1. The minimum Gasteiger partial charge on any atom is -0.486 e. The van der Waals surface area contributed by atoms with Gasteiger partial charge in [0.1, 0.15) is 23.1 Å². The number of carbonyl (C=O) groups is 1. The van der Waals surface area contributed by atoms with E-state index in [0.29, 0.717) is 35.8 Å². The Labute approximate surface area is 181 Å². The number of nitrogens with zero attached hydrogens (tertiary/aromatic N) is 1. The van der Waals surface area contributed by atoms with E-state index in [-0.39, 0.29) is 6.61 Å². The fourth-order valence-corrected chi connectivity index (χ4v) is 3.69. The first-order valence-electron chi connectivity index (χ1n) is 9.61. The van der Waals surface area contributed by atoms with Crippen LogP contribution in [0.3, 0.4) is 0 Å². The highest BCUT2D eigenvalue weighted by molar-refractivity contribution is 7.09. The molecule has 1 N–H and O–H groups in total. The number of benzene rings is 2. The SMILES string of the molecule is CCOC(=O)COc1ccc(OCc2nc(-c3ccc4[nH]c(=O)oc4c3)cs2)cc1C. The minimum absolute atomic E-state index is 0.130. The highest BCUT2D eigenvalue weighted by Gasteiger charge is 2.10. The van der Waals surface area contributed by atoms with Gasteiger partial charge in [-0.25, -0.2) is 14.6 Å². The van der Waals surface area contributed by atoms with Gasteiger partial charge in [0, 0.05) is 10.9 Å². The molecule has 2 aromatic carbocycles. The number of aromatic amines is 1. The second-order valence-electron chi connectivity index (χ2n) is 6.66. The zero-order valence-corrected chi connectivity index (χ0v) is 17.8. The third kappa shape index (κ3) is 4.95. The standard InChI is InChI=1S/C22H20N2O6S/c1-3-27-21(25)11-29-18-7-5-15(8-13(18)2)28-10-20-23-17(12-31-20)14-4-6-16-19(9-14)30-22(26)24-16/h4-9,12H,3,10-11H2,1-2H3,(H,24,26). The van der Waals surface area contributed by atoms with Gasteiger partial charge in [-0.05, 0) is 49.7 Å². The maximum atomic E-state index is 11.4. The Bertz CT molecular complexity index is 1270. The number of rotatable bonds is 8. The summed E-state index contributed by atoms with van der Waals surface area (Å²) in [5, 5.41) is 2.74. The summed E-state index contributed by atoms with van der Waals surface area (Å²) in [6.07, 6.45) is 0. The number of H-pyrrole nitrogens is 1.